The first-order valence-corrected chi connectivity index (χ1v) is 10.7. The molecule has 0 spiro atoms. The van der Waals surface area contributed by atoms with Crippen molar-refractivity contribution < 1.29 is 9.53 Å². The number of thioether (sulfide) groups is 2. The first-order chi connectivity index (χ1) is 13.1. The first-order valence-electron chi connectivity index (χ1n) is 8.60. The fourth-order valence-electron chi connectivity index (χ4n) is 2.93. The molecule has 3 heterocycles. The first kappa shape index (κ1) is 18.1. The number of hydrogen-bond acceptors (Lipinski definition) is 6. The van der Waals surface area contributed by atoms with Crippen molar-refractivity contribution in [1.82, 2.24) is 9.38 Å². The number of rotatable bonds is 4. The Morgan fingerprint density at radius 2 is 1.96 bits per heavy atom. The molecule has 1 aliphatic heterocycles. The monoisotopic (exact) mass is 398 g/mol. The molecular weight excluding hydrogens is 380 g/mol. The van der Waals surface area contributed by atoms with Crippen molar-refractivity contribution in [1.29, 1.82) is 0 Å². The predicted octanol–water partition coefficient (Wildman–Crippen LogP) is 3.84. The van der Waals surface area contributed by atoms with Gasteiger partial charge in [-0.1, -0.05) is 18.2 Å². The van der Waals surface area contributed by atoms with Gasteiger partial charge in [0, 0.05) is 23.8 Å². The van der Waals surface area contributed by atoms with Gasteiger partial charge in [0.15, 0.2) is 0 Å². The number of aromatic nitrogens is 2. The third kappa shape index (κ3) is 3.89. The highest BCUT2D eigenvalue weighted by Gasteiger charge is 2.18. The van der Waals surface area contributed by atoms with E-state index in [1.807, 2.05) is 48.6 Å². The number of nitrogens with zero attached hydrogens (tertiary/aromatic N) is 2. The number of aryl methyl sites for hydroxylation is 1. The molecule has 1 aromatic carbocycles. The molecule has 1 saturated heterocycles. The van der Waals surface area contributed by atoms with Gasteiger partial charge in [-0.25, -0.2) is 9.78 Å². The summed E-state index contributed by atoms with van der Waals surface area (Å²) in [5.41, 5.74) is 3.44. The average Bonchev–Trinajstić information content (AvgIpc) is 3.22. The summed E-state index contributed by atoms with van der Waals surface area (Å²) in [5.74, 6) is 1.91. The van der Waals surface area contributed by atoms with Gasteiger partial charge in [0.05, 0.1) is 15.8 Å². The third-order valence-electron chi connectivity index (χ3n) is 4.33. The van der Waals surface area contributed by atoms with Crippen molar-refractivity contribution >= 4 is 35.1 Å². The lowest BCUT2D eigenvalue weighted by atomic mass is 10.1. The van der Waals surface area contributed by atoms with E-state index in [1.165, 1.54) is 16.0 Å². The predicted molar refractivity (Wildman–Crippen MR) is 109 cm³/mol. The van der Waals surface area contributed by atoms with Crippen molar-refractivity contribution in [3.05, 3.63) is 81.4 Å². The Hall–Kier alpha value is -2.25. The van der Waals surface area contributed by atoms with Crippen LogP contribution < -0.4 is 5.56 Å². The second-order valence-corrected chi connectivity index (χ2v) is 8.97. The fraction of sp³-hybridized carbons (Fsp3) is 0.250. The van der Waals surface area contributed by atoms with Gasteiger partial charge in [0.1, 0.15) is 12.3 Å². The second-order valence-electron chi connectivity index (χ2n) is 6.24. The lowest BCUT2D eigenvalue weighted by molar-refractivity contribution is 0.0467. The van der Waals surface area contributed by atoms with Gasteiger partial charge in [0.2, 0.25) is 0 Å². The maximum Gasteiger partial charge on any atom is 0.338 e. The zero-order valence-electron chi connectivity index (χ0n) is 14.8. The number of pyridine rings is 1. The highest BCUT2D eigenvalue weighted by atomic mass is 32.2. The van der Waals surface area contributed by atoms with E-state index in [0.717, 1.165) is 17.1 Å². The highest BCUT2D eigenvalue weighted by Crippen LogP contribution is 2.45. The summed E-state index contributed by atoms with van der Waals surface area (Å²) in [6.45, 7) is 1.86. The van der Waals surface area contributed by atoms with Crippen LogP contribution in [0, 0.1) is 6.92 Å². The van der Waals surface area contributed by atoms with Crippen LogP contribution in [0.1, 0.15) is 31.8 Å². The normalized spacial score (nSPS) is 14.6. The van der Waals surface area contributed by atoms with Gasteiger partial charge in [-0.3, -0.25) is 9.20 Å². The zero-order chi connectivity index (χ0) is 18.8. The molecule has 2 aromatic heterocycles. The summed E-state index contributed by atoms with van der Waals surface area (Å²) in [5, 5.41) is 0. The summed E-state index contributed by atoms with van der Waals surface area (Å²) >= 11 is 3.86. The van der Waals surface area contributed by atoms with Crippen LogP contribution in [-0.4, -0.2) is 26.9 Å². The van der Waals surface area contributed by atoms with Crippen LogP contribution in [0.2, 0.25) is 0 Å². The summed E-state index contributed by atoms with van der Waals surface area (Å²) < 4.78 is 7.30. The van der Waals surface area contributed by atoms with Crippen molar-refractivity contribution in [2.75, 3.05) is 11.5 Å². The molecule has 27 heavy (non-hydrogen) atoms. The Labute approximate surface area is 165 Å². The van der Waals surface area contributed by atoms with Crippen LogP contribution in [0.5, 0.6) is 0 Å². The Morgan fingerprint density at radius 1 is 1.22 bits per heavy atom. The van der Waals surface area contributed by atoms with E-state index in [1.54, 1.807) is 24.4 Å². The molecule has 0 atom stereocenters. The summed E-state index contributed by atoms with van der Waals surface area (Å²) in [6, 6.07) is 12.6. The van der Waals surface area contributed by atoms with Crippen molar-refractivity contribution in [3.8, 4) is 0 Å². The minimum Gasteiger partial charge on any atom is -0.456 e. The van der Waals surface area contributed by atoms with Crippen LogP contribution in [0.15, 0.2) is 53.5 Å². The summed E-state index contributed by atoms with van der Waals surface area (Å²) in [7, 11) is 0. The largest absolute Gasteiger partial charge is 0.456 e. The molecule has 0 N–H and O–H groups in total. The van der Waals surface area contributed by atoms with Crippen molar-refractivity contribution in [2.24, 2.45) is 0 Å². The number of carbonyl (C=O) groups is 1. The number of hydrogen-bond donors (Lipinski definition) is 0. The van der Waals surface area contributed by atoms with Crippen LogP contribution in [-0.2, 0) is 11.3 Å². The average molecular weight is 399 g/mol. The molecule has 0 bridgehead atoms. The highest BCUT2D eigenvalue weighted by molar-refractivity contribution is 8.19. The molecule has 3 aromatic rings. The van der Waals surface area contributed by atoms with Gasteiger partial charge in [-0.2, -0.15) is 0 Å². The Kier molecular flexibility index (Phi) is 5.22. The number of carbonyl (C=O) groups excluding carboxylic acids is 1. The molecule has 1 aliphatic rings. The maximum atomic E-state index is 12.3. The smallest absolute Gasteiger partial charge is 0.338 e. The Balaban J connectivity index is 1.47. The van der Waals surface area contributed by atoms with Crippen LogP contribution in [0.3, 0.4) is 0 Å². The minimum atomic E-state index is -0.417. The number of fused-ring (bicyclic) bond motifs is 1. The molecule has 0 unspecified atom stereocenters. The molecule has 138 valence electrons. The summed E-state index contributed by atoms with van der Waals surface area (Å²) in [4.78, 5) is 29.0. The SMILES string of the molecule is Cc1cccn2c(=O)cc(COC(=O)c3ccc(C4SCCS4)cc3)nc12. The lowest BCUT2D eigenvalue weighted by Crippen LogP contribution is -2.17. The van der Waals surface area contributed by atoms with E-state index in [0.29, 0.717) is 21.5 Å². The lowest BCUT2D eigenvalue weighted by Gasteiger charge is -2.10. The minimum absolute atomic E-state index is 0.0328. The van der Waals surface area contributed by atoms with Gasteiger partial charge in [-0.15, -0.1) is 23.5 Å². The van der Waals surface area contributed by atoms with Gasteiger partial charge in [-0.05, 0) is 36.2 Å². The third-order valence-corrected chi connectivity index (χ3v) is 7.44. The topological polar surface area (TPSA) is 60.7 Å². The van der Waals surface area contributed by atoms with E-state index in [-0.39, 0.29) is 12.2 Å². The van der Waals surface area contributed by atoms with E-state index >= 15 is 0 Å². The zero-order valence-corrected chi connectivity index (χ0v) is 16.4. The van der Waals surface area contributed by atoms with Crippen LogP contribution in [0.25, 0.3) is 5.65 Å². The molecule has 0 radical (unpaired) electrons. The Bertz CT molecular complexity index is 1040. The van der Waals surface area contributed by atoms with Gasteiger partial charge >= 0.3 is 5.97 Å². The van der Waals surface area contributed by atoms with E-state index in [4.69, 9.17) is 4.74 Å². The molecule has 5 nitrogen and oxygen atoms in total. The molecular formula is C20H18N2O3S2. The van der Waals surface area contributed by atoms with Crippen molar-refractivity contribution in [3.63, 3.8) is 0 Å². The standard InChI is InChI=1S/C20H18N2O3S2/c1-13-3-2-8-22-17(23)11-16(21-18(13)22)12-25-19(24)14-4-6-15(7-5-14)20-26-9-10-27-20/h2-8,11,20H,9-10,12H2,1H3. The van der Waals surface area contributed by atoms with Crippen LogP contribution in [0.4, 0.5) is 0 Å². The molecule has 0 aliphatic carbocycles. The van der Waals surface area contributed by atoms with Gasteiger partial charge < -0.3 is 4.74 Å². The molecule has 0 amide bonds. The van der Waals surface area contributed by atoms with Gasteiger partial charge in [0.25, 0.3) is 5.56 Å². The number of ether oxygens (including phenoxy) is 1. The van der Waals surface area contributed by atoms with E-state index in [2.05, 4.69) is 4.98 Å². The number of benzene rings is 1. The van der Waals surface area contributed by atoms with Crippen LogP contribution >= 0.6 is 23.5 Å². The summed E-state index contributed by atoms with van der Waals surface area (Å²) in [6.07, 6.45) is 1.68. The van der Waals surface area contributed by atoms with E-state index in [9.17, 15) is 9.59 Å². The number of esters is 1. The quantitative estimate of drug-likeness (QED) is 0.623. The Morgan fingerprint density at radius 3 is 2.70 bits per heavy atom. The molecule has 1 fully saturated rings. The van der Waals surface area contributed by atoms with Crippen molar-refractivity contribution in [2.45, 2.75) is 18.1 Å². The van der Waals surface area contributed by atoms with E-state index < -0.39 is 5.97 Å². The molecule has 7 heteroatoms. The fourth-order valence-corrected chi connectivity index (χ4v) is 5.79. The maximum absolute atomic E-state index is 12.3. The molecule has 0 saturated carbocycles. The second kappa shape index (κ2) is 7.78. The molecule has 4 rings (SSSR count).